The van der Waals surface area contributed by atoms with Crippen molar-refractivity contribution in [1.82, 2.24) is 9.72 Å². The van der Waals surface area contributed by atoms with Crippen molar-refractivity contribution in [3.05, 3.63) is 51.5 Å². The van der Waals surface area contributed by atoms with Crippen LogP contribution >= 0.6 is 11.6 Å². The summed E-state index contributed by atoms with van der Waals surface area (Å²) in [6.45, 7) is 1.74. The zero-order valence-corrected chi connectivity index (χ0v) is 22.6. The fraction of sp³-hybridized carbons (Fsp3) is 0.393. The molecule has 0 spiro atoms. The van der Waals surface area contributed by atoms with E-state index in [1.54, 1.807) is 25.1 Å². The highest BCUT2D eigenvalue weighted by Crippen LogP contribution is 2.41. The van der Waals surface area contributed by atoms with Crippen molar-refractivity contribution in [1.29, 1.82) is 0 Å². The van der Waals surface area contributed by atoms with Gasteiger partial charge in [-0.1, -0.05) is 29.2 Å². The van der Waals surface area contributed by atoms with Gasteiger partial charge in [-0.3, -0.25) is 9.59 Å². The third kappa shape index (κ3) is 4.55. The van der Waals surface area contributed by atoms with Gasteiger partial charge in [0.25, 0.3) is 5.56 Å². The summed E-state index contributed by atoms with van der Waals surface area (Å²) < 4.78 is 23.4. The molecular weight excluding hydrogens is 510 g/mol. The van der Waals surface area contributed by atoms with Gasteiger partial charge in [-0.25, -0.2) is 0 Å². The van der Waals surface area contributed by atoms with Crippen LogP contribution in [0.1, 0.15) is 43.9 Å². The van der Waals surface area contributed by atoms with Gasteiger partial charge in [0, 0.05) is 35.7 Å². The zero-order valence-electron chi connectivity index (χ0n) is 21.8. The van der Waals surface area contributed by atoms with E-state index in [1.807, 2.05) is 16.7 Å². The summed E-state index contributed by atoms with van der Waals surface area (Å²) >= 11 is 6.57. The number of anilines is 1. The number of aryl methyl sites for hydroxylation is 1. The average Bonchev–Trinajstić information content (AvgIpc) is 3.29. The minimum atomic E-state index is -0.138. The lowest BCUT2D eigenvalue weighted by molar-refractivity contribution is -0.117. The van der Waals surface area contributed by atoms with Crippen molar-refractivity contribution in [2.24, 2.45) is 5.92 Å². The van der Waals surface area contributed by atoms with Crippen molar-refractivity contribution in [2.75, 3.05) is 26.6 Å². The Bertz CT molecular complexity index is 1550. The summed E-state index contributed by atoms with van der Waals surface area (Å²) in [5, 5.41) is 8.78. The molecule has 0 radical (unpaired) electrons. The SMILES string of the molecule is COc1cc(NC(=O)C[C@@H]2CCC[C@@H](n3c(=O)c4c(C)onc4c4c(Cl)cccc43)C2)cc(OC)c1OC. The number of methoxy groups -OCH3 is 3. The van der Waals surface area contributed by atoms with E-state index < -0.39 is 0 Å². The summed E-state index contributed by atoms with van der Waals surface area (Å²) in [5.41, 5.74) is 1.64. The third-order valence-corrected chi connectivity index (χ3v) is 7.64. The first-order chi connectivity index (χ1) is 18.4. The average molecular weight is 540 g/mol. The first-order valence-corrected chi connectivity index (χ1v) is 12.9. The first kappa shape index (κ1) is 25.9. The minimum Gasteiger partial charge on any atom is -0.493 e. The topological polar surface area (TPSA) is 105 Å². The van der Waals surface area contributed by atoms with Gasteiger partial charge in [0.05, 0.1) is 31.9 Å². The Labute approximate surface area is 224 Å². The van der Waals surface area contributed by atoms with Crippen LogP contribution in [0.3, 0.4) is 0 Å². The summed E-state index contributed by atoms with van der Waals surface area (Å²) in [6.07, 6.45) is 3.67. The molecule has 1 N–H and O–H groups in total. The number of carbonyl (C=O) groups excluding carboxylic acids is 1. The molecule has 1 aliphatic carbocycles. The maximum Gasteiger partial charge on any atom is 0.264 e. The van der Waals surface area contributed by atoms with Gasteiger partial charge in [0.2, 0.25) is 11.7 Å². The van der Waals surface area contributed by atoms with E-state index >= 15 is 0 Å². The molecule has 5 rings (SSSR count). The molecule has 0 aliphatic heterocycles. The molecule has 38 heavy (non-hydrogen) atoms. The molecule has 1 fully saturated rings. The Morgan fingerprint density at radius 3 is 2.55 bits per heavy atom. The van der Waals surface area contributed by atoms with Crippen molar-refractivity contribution >= 4 is 45.0 Å². The van der Waals surface area contributed by atoms with Gasteiger partial charge in [0.1, 0.15) is 16.7 Å². The highest BCUT2D eigenvalue weighted by molar-refractivity contribution is 6.37. The highest BCUT2D eigenvalue weighted by Gasteiger charge is 2.29. The Balaban J connectivity index is 1.40. The number of hydrogen-bond donors (Lipinski definition) is 1. The van der Waals surface area contributed by atoms with Crippen LogP contribution in [0.15, 0.2) is 39.6 Å². The molecule has 4 aromatic rings. The van der Waals surface area contributed by atoms with Gasteiger partial charge < -0.3 is 28.6 Å². The van der Waals surface area contributed by atoms with Crippen LogP contribution in [-0.2, 0) is 4.79 Å². The van der Waals surface area contributed by atoms with Gasteiger partial charge in [-0.2, -0.15) is 0 Å². The molecule has 0 saturated heterocycles. The second-order valence-electron chi connectivity index (χ2n) is 9.62. The predicted molar refractivity (Wildman–Crippen MR) is 146 cm³/mol. The van der Waals surface area contributed by atoms with Crippen LogP contribution in [0.4, 0.5) is 5.69 Å². The van der Waals surface area contributed by atoms with Gasteiger partial charge >= 0.3 is 0 Å². The van der Waals surface area contributed by atoms with Crippen LogP contribution in [0.2, 0.25) is 5.02 Å². The molecule has 0 unspecified atom stereocenters. The molecule has 10 heteroatoms. The fourth-order valence-electron chi connectivity index (χ4n) is 5.64. The van der Waals surface area contributed by atoms with Crippen LogP contribution in [0.5, 0.6) is 17.2 Å². The number of rotatable bonds is 7. The van der Waals surface area contributed by atoms with Crippen molar-refractivity contribution in [3.8, 4) is 17.2 Å². The molecular formula is C28H30ClN3O6. The highest BCUT2D eigenvalue weighted by atomic mass is 35.5. The van der Waals surface area contributed by atoms with Gasteiger partial charge in [-0.05, 0) is 44.2 Å². The second-order valence-corrected chi connectivity index (χ2v) is 10.0. The number of hydrogen-bond acceptors (Lipinski definition) is 7. The number of nitrogens with zero attached hydrogens (tertiary/aromatic N) is 2. The molecule has 1 saturated carbocycles. The standard InChI is InChI=1S/C28H30ClN3O6/c1-15-24-26(31-38-15)25-19(29)9-6-10-20(25)32(28(24)34)18-8-5-7-16(11-18)12-23(33)30-17-13-21(35-2)27(37-4)22(14-17)36-3/h6,9-10,13-14,16,18H,5,7-8,11-12H2,1-4H3,(H,30,33)/t16-,18-/m1/s1. The predicted octanol–water partition coefficient (Wildman–Crippen LogP) is 5.89. The van der Waals surface area contributed by atoms with Gasteiger partial charge in [-0.15, -0.1) is 0 Å². The monoisotopic (exact) mass is 539 g/mol. The largest absolute Gasteiger partial charge is 0.493 e. The summed E-state index contributed by atoms with van der Waals surface area (Å²) in [7, 11) is 4.59. The number of aromatic nitrogens is 2. The minimum absolute atomic E-state index is 0.0742. The first-order valence-electron chi connectivity index (χ1n) is 12.5. The number of carbonyl (C=O) groups is 1. The number of benzene rings is 2. The van der Waals surface area contributed by atoms with Crippen molar-refractivity contribution in [3.63, 3.8) is 0 Å². The Morgan fingerprint density at radius 2 is 1.87 bits per heavy atom. The quantitative estimate of drug-likeness (QED) is 0.312. The van der Waals surface area contributed by atoms with E-state index in [-0.39, 0.29) is 23.4 Å². The van der Waals surface area contributed by atoms with Gasteiger partial charge in [0.15, 0.2) is 11.5 Å². The van der Waals surface area contributed by atoms with E-state index in [0.29, 0.717) is 62.8 Å². The number of nitrogens with one attached hydrogen (secondary N) is 1. The van der Waals surface area contributed by atoms with Crippen LogP contribution in [-0.4, -0.2) is 37.0 Å². The second kappa shape index (κ2) is 10.6. The molecule has 1 amide bonds. The summed E-state index contributed by atoms with van der Waals surface area (Å²) in [4.78, 5) is 26.7. The van der Waals surface area contributed by atoms with E-state index in [0.717, 1.165) is 24.8 Å². The molecule has 200 valence electrons. The number of ether oxygens (including phenoxy) is 3. The van der Waals surface area contributed by atoms with Crippen LogP contribution in [0, 0.1) is 12.8 Å². The number of amides is 1. The summed E-state index contributed by atoms with van der Waals surface area (Å²) in [5.74, 6) is 1.85. The van der Waals surface area contributed by atoms with E-state index in [4.69, 9.17) is 30.3 Å². The lowest BCUT2D eigenvalue weighted by atomic mass is 9.83. The number of halogens is 1. The van der Waals surface area contributed by atoms with Crippen LogP contribution < -0.4 is 25.1 Å². The number of pyridine rings is 1. The lowest BCUT2D eigenvalue weighted by Crippen LogP contribution is -2.30. The smallest absolute Gasteiger partial charge is 0.264 e. The Morgan fingerprint density at radius 1 is 1.13 bits per heavy atom. The van der Waals surface area contributed by atoms with Crippen LogP contribution in [0.25, 0.3) is 21.8 Å². The normalized spacial score (nSPS) is 17.5. The Kier molecular flexibility index (Phi) is 7.21. The van der Waals surface area contributed by atoms with Crippen molar-refractivity contribution < 1.29 is 23.5 Å². The maximum absolute atomic E-state index is 13.7. The summed E-state index contributed by atoms with van der Waals surface area (Å²) in [6, 6.07) is 8.86. The molecule has 1 aliphatic rings. The molecule has 2 aromatic carbocycles. The number of fused-ring (bicyclic) bond motifs is 3. The molecule has 0 bridgehead atoms. The van der Waals surface area contributed by atoms with E-state index in [9.17, 15) is 9.59 Å². The molecule has 2 aromatic heterocycles. The van der Waals surface area contributed by atoms with Crippen molar-refractivity contribution in [2.45, 2.75) is 45.1 Å². The zero-order chi connectivity index (χ0) is 27.0. The molecule has 9 nitrogen and oxygen atoms in total. The lowest BCUT2D eigenvalue weighted by Gasteiger charge is -2.31. The van der Waals surface area contributed by atoms with E-state index in [2.05, 4.69) is 10.5 Å². The van der Waals surface area contributed by atoms with E-state index in [1.165, 1.54) is 21.3 Å². The fourth-order valence-corrected chi connectivity index (χ4v) is 5.90. The molecule has 2 atom stereocenters. The third-order valence-electron chi connectivity index (χ3n) is 7.33. The maximum atomic E-state index is 13.7. The molecule has 2 heterocycles. The Hall–Kier alpha value is -3.72.